The lowest BCUT2D eigenvalue weighted by atomic mass is 10.1. The summed E-state index contributed by atoms with van der Waals surface area (Å²) in [5, 5.41) is 3.34. The van der Waals surface area contributed by atoms with Gasteiger partial charge in [-0.05, 0) is 56.2 Å². The van der Waals surface area contributed by atoms with E-state index in [1.807, 2.05) is 38.1 Å². The van der Waals surface area contributed by atoms with Crippen LogP contribution in [0.25, 0.3) is 0 Å². The molecule has 0 saturated carbocycles. The van der Waals surface area contributed by atoms with E-state index in [0.717, 1.165) is 20.9 Å². The van der Waals surface area contributed by atoms with E-state index in [4.69, 9.17) is 16.3 Å². The number of nitrogens with zero attached hydrogens (tertiary/aromatic N) is 1. The van der Waals surface area contributed by atoms with Crippen molar-refractivity contribution >= 4 is 55.3 Å². The molecule has 0 unspecified atom stereocenters. The molecule has 2 amide bonds. The van der Waals surface area contributed by atoms with Gasteiger partial charge < -0.3 is 15.0 Å². The van der Waals surface area contributed by atoms with Crippen LogP contribution in [0.1, 0.15) is 32.8 Å². The van der Waals surface area contributed by atoms with E-state index >= 15 is 0 Å². The van der Waals surface area contributed by atoms with Gasteiger partial charge in [0.05, 0.1) is 5.02 Å². The molecular weight excluding hydrogens is 536 g/mol. The zero-order valence-corrected chi connectivity index (χ0v) is 21.1. The Morgan fingerprint density at radius 3 is 2.47 bits per heavy atom. The summed E-state index contributed by atoms with van der Waals surface area (Å²) in [6, 6.07) is 12.2. The summed E-state index contributed by atoms with van der Waals surface area (Å²) in [7, 11) is 0. The predicted molar refractivity (Wildman–Crippen MR) is 127 cm³/mol. The number of amides is 2. The highest BCUT2D eigenvalue weighted by Gasteiger charge is 2.27. The number of rotatable bonds is 9. The Balaban J connectivity index is 2.18. The van der Waals surface area contributed by atoms with Crippen LogP contribution in [-0.2, 0) is 16.1 Å². The van der Waals surface area contributed by atoms with Crippen LogP contribution in [0, 0.1) is 0 Å². The second-order valence-electron chi connectivity index (χ2n) is 7.01. The number of nitrogens with one attached hydrogen (secondary N) is 1. The fourth-order valence-corrected chi connectivity index (χ4v) is 3.87. The van der Waals surface area contributed by atoms with Gasteiger partial charge in [-0.15, -0.1) is 0 Å². The number of benzene rings is 2. The molecule has 2 aromatic carbocycles. The van der Waals surface area contributed by atoms with Crippen LogP contribution in [-0.4, -0.2) is 35.4 Å². The molecule has 0 aliphatic heterocycles. The zero-order valence-electron chi connectivity index (χ0n) is 17.1. The highest BCUT2D eigenvalue weighted by molar-refractivity contribution is 9.10. The van der Waals surface area contributed by atoms with E-state index in [1.165, 1.54) is 4.90 Å². The number of carbonyl (C=O) groups excluding carboxylic acids is 2. The standard InChI is InChI=1S/C22H25Br2ClN2O3/c1-4-14(2)26-22(29)15(3)27(12-16-6-5-7-17(23)10-16)21(28)13-30-20-9-8-18(24)11-19(20)25/h5-11,14-15H,4,12-13H2,1-3H3,(H,26,29)/t14-,15-/m1/s1. The van der Waals surface area contributed by atoms with Gasteiger partial charge in [0.2, 0.25) is 5.91 Å². The second kappa shape index (κ2) is 11.7. The van der Waals surface area contributed by atoms with Crippen molar-refractivity contribution in [3.63, 3.8) is 0 Å². The Kier molecular flexibility index (Phi) is 9.65. The van der Waals surface area contributed by atoms with Crippen molar-refractivity contribution in [2.75, 3.05) is 6.61 Å². The highest BCUT2D eigenvalue weighted by atomic mass is 79.9. The number of hydrogen-bond acceptors (Lipinski definition) is 3. The number of hydrogen-bond donors (Lipinski definition) is 1. The Labute approximate surface area is 199 Å². The van der Waals surface area contributed by atoms with Crippen LogP contribution >= 0.6 is 43.5 Å². The fourth-order valence-electron chi connectivity index (χ4n) is 2.69. The monoisotopic (exact) mass is 558 g/mol. The minimum atomic E-state index is -0.658. The summed E-state index contributed by atoms with van der Waals surface area (Å²) in [5.74, 6) is -0.0949. The van der Waals surface area contributed by atoms with Crippen molar-refractivity contribution in [1.29, 1.82) is 0 Å². The third-order valence-electron chi connectivity index (χ3n) is 4.66. The first-order chi connectivity index (χ1) is 14.2. The molecule has 0 saturated heterocycles. The van der Waals surface area contributed by atoms with Crippen LogP contribution in [0.3, 0.4) is 0 Å². The minimum absolute atomic E-state index is 0.0283. The first-order valence-corrected chi connectivity index (χ1v) is 11.6. The van der Waals surface area contributed by atoms with E-state index in [1.54, 1.807) is 25.1 Å². The molecule has 0 aliphatic rings. The topological polar surface area (TPSA) is 58.6 Å². The quantitative estimate of drug-likeness (QED) is 0.436. The number of carbonyl (C=O) groups is 2. The van der Waals surface area contributed by atoms with Gasteiger partial charge in [0.25, 0.3) is 5.91 Å². The van der Waals surface area contributed by atoms with Crippen LogP contribution in [0.15, 0.2) is 51.4 Å². The van der Waals surface area contributed by atoms with Crippen molar-refractivity contribution in [3.05, 3.63) is 62.0 Å². The molecule has 162 valence electrons. The van der Waals surface area contributed by atoms with Crippen LogP contribution in [0.4, 0.5) is 0 Å². The molecule has 1 N–H and O–H groups in total. The molecule has 8 heteroatoms. The smallest absolute Gasteiger partial charge is 0.261 e. The average molecular weight is 561 g/mol. The van der Waals surface area contributed by atoms with Crippen molar-refractivity contribution in [1.82, 2.24) is 10.2 Å². The number of ether oxygens (including phenoxy) is 1. The largest absolute Gasteiger partial charge is 0.482 e. The SMILES string of the molecule is CC[C@@H](C)NC(=O)[C@@H](C)N(Cc1cccc(Br)c1)C(=O)COc1ccc(Br)cc1Cl. The third kappa shape index (κ3) is 7.29. The fraction of sp³-hybridized carbons (Fsp3) is 0.364. The van der Waals surface area contributed by atoms with E-state index < -0.39 is 6.04 Å². The molecule has 0 aliphatic carbocycles. The van der Waals surface area contributed by atoms with Gasteiger partial charge in [-0.1, -0.05) is 62.5 Å². The molecule has 0 radical (unpaired) electrons. The summed E-state index contributed by atoms with van der Waals surface area (Å²) in [6.45, 7) is 5.71. The third-order valence-corrected chi connectivity index (χ3v) is 5.94. The first kappa shape index (κ1) is 24.7. The molecule has 30 heavy (non-hydrogen) atoms. The van der Waals surface area contributed by atoms with Gasteiger partial charge in [-0.2, -0.15) is 0 Å². The van der Waals surface area contributed by atoms with Crippen molar-refractivity contribution < 1.29 is 14.3 Å². The summed E-state index contributed by atoms with van der Waals surface area (Å²) in [5.41, 5.74) is 0.905. The molecule has 0 fully saturated rings. The highest BCUT2D eigenvalue weighted by Crippen LogP contribution is 2.27. The predicted octanol–water partition coefficient (Wildman–Crippen LogP) is 5.58. The lowest BCUT2D eigenvalue weighted by Crippen LogP contribution is -2.50. The molecule has 0 heterocycles. The molecule has 2 rings (SSSR count). The first-order valence-electron chi connectivity index (χ1n) is 9.63. The number of halogens is 3. The molecule has 0 aromatic heterocycles. The molecule has 2 atom stereocenters. The van der Waals surface area contributed by atoms with Crippen LogP contribution < -0.4 is 10.1 Å². The van der Waals surface area contributed by atoms with Crippen molar-refractivity contribution in [2.24, 2.45) is 0 Å². The molecular formula is C22H25Br2ClN2O3. The summed E-state index contributed by atoms with van der Waals surface area (Å²) < 4.78 is 7.37. The van der Waals surface area contributed by atoms with Crippen LogP contribution in [0.2, 0.25) is 5.02 Å². The van der Waals surface area contributed by atoms with E-state index in [2.05, 4.69) is 37.2 Å². The molecule has 0 bridgehead atoms. The second-order valence-corrected chi connectivity index (χ2v) is 9.25. The maximum absolute atomic E-state index is 13.0. The average Bonchev–Trinajstić information content (AvgIpc) is 2.70. The molecule has 5 nitrogen and oxygen atoms in total. The Morgan fingerprint density at radius 1 is 1.13 bits per heavy atom. The Morgan fingerprint density at radius 2 is 1.83 bits per heavy atom. The summed E-state index contributed by atoms with van der Waals surface area (Å²) >= 11 is 13.0. The Hall–Kier alpha value is -1.57. The van der Waals surface area contributed by atoms with Gasteiger partial charge in [-0.3, -0.25) is 9.59 Å². The molecule has 2 aromatic rings. The lowest BCUT2D eigenvalue weighted by molar-refractivity contribution is -0.142. The van der Waals surface area contributed by atoms with E-state index in [0.29, 0.717) is 10.8 Å². The van der Waals surface area contributed by atoms with E-state index in [9.17, 15) is 9.59 Å². The van der Waals surface area contributed by atoms with Gasteiger partial charge in [-0.25, -0.2) is 0 Å². The Bertz CT molecular complexity index is 894. The summed E-state index contributed by atoms with van der Waals surface area (Å²) in [6.07, 6.45) is 0.809. The van der Waals surface area contributed by atoms with Crippen molar-refractivity contribution in [3.8, 4) is 5.75 Å². The van der Waals surface area contributed by atoms with Gasteiger partial charge >= 0.3 is 0 Å². The van der Waals surface area contributed by atoms with Gasteiger partial charge in [0.15, 0.2) is 6.61 Å². The van der Waals surface area contributed by atoms with Gasteiger partial charge in [0, 0.05) is 21.5 Å². The van der Waals surface area contributed by atoms with E-state index in [-0.39, 0.29) is 31.0 Å². The minimum Gasteiger partial charge on any atom is -0.482 e. The van der Waals surface area contributed by atoms with Gasteiger partial charge in [0.1, 0.15) is 11.8 Å². The normalized spacial score (nSPS) is 12.7. The maximum atomic E-state index is 13.0. The lowest BCUT2D eigenvalue weighted by Gasteiger charge is -2.29. The van der Waals surface area contributed by atoms with Crippen LogP contribution in [0.5, 0.6) is 5.75 Å². The molecule has 0 spiro atoms. The summed E-state index contributed by atoms with van der Waals surface area (Å²) in [4.78, 5) is 27.3. The zero-order chi connectivity index (χ0) is 22.3. The maximum Gasteiger partial charge on any atom is 0.261 e. The van der Waals surface area contributed by atoms with Crippen molar-refractivity contribution in [2.45, 2.75) is 45.8 Å².